The molecule has 3 rings (SSSR count). The van der Waals surface area contributed by atoms with Crippen molar-refractivity contribution in [2.75, 3.05) is 21.3 Å². The van der Waals surface area contributed by atoms with Crippen molar-refractivity contribution in [2.45, 2.75) is 6.61 Å². The van der Waals surface area contributed by atoms with E-state index in [9.17, 15) is 4.79 Å². The minimum absolute atomic E-state index is 0.105. The highest BCUT2D eigenvalue weighted by Gasteiger charge is 2.16. The minimum Gasteiger partial charge on any atom is -0.493 e. The Morgan fingerprint density at radius 1 is 0.889 bits per heavy atom. The summed E-state index contributed by atoms with van der Waals surface area (Å²) >= 11 is 1.41. The SMILES string of the molecule is COc1cc(COC(=O)c2ccc(-c3ccccc3)s2)cc(OC)c1OC. The Labute approximate surface area is 162 Å². The molecule has 0 aliphatic heterocycles. The highest BCUT2D eigenvalue weighted by molar-refractivity contribution is 7.17. The number of benzene rings is 2. The van der Waals surface area contributed by atoms with Crippen LogP contribution in [-0.4, -0.2) is 27.3 Å². The number of hydrogen-bond acceptors (Lipinski definition) is 6. The first-order valence-corrected chi connectivity index (χ1v) is 9.09. The van der Waals surface area contributed by atoms with Crippen molar-refractivity contribution in [3.05, 3.63) is 65.0 Å². The lowest BCUT2D eigenvalue weighted by Gasteiger charge is -2.14. The Morgan fingerprint density at radius 3 is 2.15 bits per heavy atom. The second-order valence-corrected chi connectivity index (χ2v) is 6.72. The van der Waals surface area contributed by atoms with E-state index in [1.54, 1.807) is 39.5 Å². The molecule has 6 heteroatoms. The summed E-state index contributed by atoms with van der Waals surface area (Å²) in [4.78, 5) is 14.0. The second-order valence-electron chi connectivity index (χ2n) is 5.64. The highest BCUT2D eigenvalue weighted by atomic mass is 32.1. The predicted octanol–water partition coefficient (Wildman–Crippen LogP) is 4.80. The van der Waals surface area contributed by atoms with Gasteiger partial charge < -0.3 is 18.9 Å². The molecule has 1 heterocycles. The Morgan fingerprint density at radius 2 is 1.56 bits per heavy atom. The topological polar surface area (TPSA) is 54.0 Å². The minimum atomic E-state index is -0.365. The number of rotatable bonds is 7. The summed E-state index contributed by atoms with van der Waals surface area (Å²) < 4.78 is 21.4. The van der Waals surface area contributed by atoms with Gasteiger partial charge in [0.1, 0.15) is 11.5 Å². The van der Waals surface area contributed by atoms with Crippen LogP contribution < -0.4 is 14.2 Å². The third kappa shape index (κ3) is 4.23. The van der Waals surface area contributed by atoms with Crippen LogP contribution in [0.25, 0.3) is 10.4 Å². The fourth-order valence-corrected chi connectivity index (χ4v) is 3.55. The summed E-state index contributed by atoms with van der Waals surface area (Å²) in [5, 5.41) is 0. The summed E-state index contributed by atoms with van der Waals surface area (Å²) in [5.74, 6) is 1.17. The van der Waals surface area contributed by atoms with Crippen LogP contribution in [0, 0.1) is 0 Å². The zero-order valence-electron chi connectivity index (χ0n) is 15.4. The first-order valence-electron chi connectivity index (χ1n) is 8.27. The van der Waals surface area contributed by atoms with Crippen molar-refractivity contribution in [1.82, 2.24) is 0 Å². The van der Waals surface area contributed by atoms with Crippen LogP contribution >= 0.6 is 11.3 Å². The van der Waals surface area contributed by atoms with Crippen molar-refractivity contribution in [2.24, 2.45) is 0 Å². The van der Waals surface area contributed by atoms with Crippen LogP contribution in [-0.2, 0) is 11.3 Å². The molecule has 0 unspecified atom stereocenters. The van der Waals surface area contributed by atoms with Crippen molar-refractivity contribution in [3.8, 4) is 27.7 Å². The molecule has 0 aliphatic rings. The van der Waals surface area contributed by atoms with Crippen LogP contribution in [0.2, 0.25) is 0 Å². The number of hydrogen-bond donors (Lipinski definition) is 0. The standard InChI is InChI=1S/C21H20O5S/c1-23-16-11-14(12-17(24-2)20(16)25-3)13-26-21(22)19-10-9-18(27-19)15-7-5-4-6-8-15/h4-12H,13H2,1-3H3. The monoisotopic (exact) mass is 384 g/mol. The van der Waals surface area contributed by atoms with Gasteiger partial charge in [-0.1, -0.05) is 30.3 Å². The Kier molecular flexibility index (Phi) is 5.98. The van der Waals surface area contributed by atoms with E-state index < -0.39 is 0 Å². The van der Waals surface area contributed by atoms with Crippen LogP contribution in [0.5, 0.6) is 17.2 Å². The normalized spacial score (nSPS) is 10.3. The molecule has 140 valence electrons. The first-order chi connectivity index (χ1) is 13.2. The highest BCUT2D eigenvalue weighted by Crippen LogP contribution is 2.38. The van der Waals surface area contributed by atoms with Gasteiger partial charge in [-0.25, -0.2) is 4.79 Å². The maximum Gasteiger partial charge on any atom is 0.348 e. The average Bonchev–Trinajstić information content (AvgIpc) is 3.22. The van der Waals surface area contributed by atoms with E-state index in [0.717, 1.165) is 16.0 Å². The van der Waals surface area contributed by atoms with Gasteiger partial charge in [-0.05, 0) is 35.4 Å². The van der Waals surface area contributed by atoms with Gasteiger partial charge >= 0.3 is 5.97 Å². The Hall–Kier alpha value is -2.99. The molecule has 0 bridgehead atoms. The van der Waals surface area contributed by atoms with Crippen LogP contribution in [0.15, 0.2) is 54.6 Å². The van der Waals surface area contributed by atoms with E-state index >= 15 is 0 Å². The molecular weight excluding hydrogens is 364 g/mol. The van der Waals surface area contributed by atoms with Gasteiger partial charge in [-0.15, -0.1) is 11.3 Å². The van der Waals surface area contributed by atoms with E-state index in [2.05, 4.69) is 0 Å². The lowest BCUT2D eigenvalue weighted by atomic mass is 10.2. The van der Waals surface area contributed by atoms with Crippen molar-refractivity contribution < 1.29 is 23.7 Å². The number of ether oxygens (including phenoxy) is 4. The van der Waals surface area contributed by atoms with E-state index in [1.807, 2.05) is 36.4 Å². The van der Waals surface area contributed by atoms with Gasteiger partial charge in [-0.2, -0.15) is 0 Å². The smallest absolute Gasteiger partial charge is 0.348 e. The molecule has 0 saturated heterocycles. The van der Waals surface area contributed by atoms with Crippen molar-refractivity contribution >= 4 is 17.3 Å². The number of esters is 1. The van der Waals surface area contributed by atoms with Gasteiger partial charge in [0.25, 0.3) is 0 Å². The lowest BCUT2D eigenvalue weighted by molar-refractivity contribution is 0.0478. The molecule has 0 saturated carbocycles. The molecular formula is C21H20O5S. The summed E-state index contributed by atoms with van der Waals surface area (Å²) in [6, 6.07) is 17.2. The molecule has 2 aromatic carbocycles. The largest absolute Gasteiger partial charge is 0.493 e. The van der Waals surface area contributed by atoms with Gasteiger partial charge in [0.2, 0.25) is 5.75 Å². The second kappa shape index (κ2) is 8.60. The molecule has 5 nitrogen and oxygen atoms in total. The number of methoxy groups -OCH3 is 3. The van der Waals surface area contributed by atoms with E-state index in [0.29, 0.717) is 22.1 Å². The quantitative estimate of drug-likeness (QED) is 0.548. The molecule has 0 N–H and O–H groups in total. The van der Waals surface area contributed by atoms with Crippen molar-refractivity contribution in [3.63, 3.8) is 0 Å². The van der Waals surface area contributed by atoms with Gasteiger partial charge in [0.05, 0.1) is 21.3 Å². The summed E-state index contributed by atoms with van der Waals surface area (Å²) in [7, 11) is 4.63. The van der Waals surface area contributed by atoms with Crippen LogP contribution in [0.3, 0.4) is 0 Å². The third-order valence-corrected chi connectivity index (χ3v) is 5.07. The fraction of sp³-hybridized carbons (Fsp3) is 0.190. The Balaban J connectivity index is 1.72. The summed E-state index contributed by atoms with van der Waals surface area (Å²) in [6.45, 7) is 0.105. The average molecular weight is 384 g/mol. The zero-order valence-corrected chi connectivity index (χ0v) is 16.2. The number of carbonyl (C=O) groups excluding carboxylic acids is 1. The molecule has 0 amide bonds. The predicted molar refractivity (Wildman–Crippen MR) is 105 cm³/mol. The summed E-state index contributed by atoms with van der Waals surface area (Å²) in [5.41, 5.74) is 1.82. The number of thiophene rings is 1. The van der Waals surface area contributed by atoms with Gasteiger partial charge in [0, 0.05) is 4.88 Å². The maximum absolute atomic E-state index is 12.4. The lowest BCUT2D eigenvalue weighted by Crippen LogP contribution is -2.04. The number of carbonyl (C=O) groups is 1. The van der Waals surface area contributed by atoms with E-state index in [-0.39, 0.29) is 12.6 Å². The zero-order chi connectivity index (χ0) is 19.2. The van der Waals surface area contributed by atoms with Gasteiger partial charge in [0.15, 0.2) is 11.5 Å². The Bertz CT molecular complexity index is 892. The third-order valence-electron chi connectivity index (χ3n) is 3.96. The maximum atomic E-state index is 12.4. The molecule has 3 aromatic rings. The molecule has 27 heavy (non-hydrogen) atoms. The molecule has 1 aromatic heterocycles. The molecule has 0 spiro atoms. The van der Waals surface area contributed by atoms with Crippen LogP contribution in [0.1, 0.15) is 15.2 Å². The van der Waals surface area contributed by atoms with Gasteiger partial charge in [-0.3, -0.25) is 0 Å². The molecule has 0 atom stereocenters. The van der Waals surface area contributed by atoms with Crippen molar-refractivity contribution in [1.29, 1.82) is 0 Å². The summed E-state index contributed by atoms with van der Waals surface area (Å²) in [6.07, 6.45) is 0. The molecule has 0 radical (unpaired) electrons. The fourth-order valence-electron chi connectivity index (χ4n) is 2.64. The molecule has 0 fully saturated rings. The van der Waals surface area contributed by atoms with E-state index in [4.69, 9.17) is 18.9 Å². The van der Waals surface area contributed by atoms with E-state index in [1.165, 1.54) is 11.3 Å². The molecule has 0 aliphatic carbocycles. The first kappa shape index (κ1) is 18.8. The van der Waals surface area contributed by atoms with Crippen LogP contribution in [0.4, 0.5) is 0 Å².